The second kappa shape index (κ2) is 3.32. The molecule has 0 unspecified atom stereocenters. The lowest BCUT2D eigenvalue weighted by Gasteiger charge is -2.15. The lowest BCUT2D eigenvalue weighted by Crippen LogP contribution is -2.86. The SMILES string of the molecule is [CH2-][NH2+]C1(Cc2ccccc2Cl)CC1. The van der Waals surface area contributed by atoms with Gasteiger partial charge in [0.15, 0.2) is 0 Å². The summed E-state index contributed by atoms with van der Waals surface area (Å²) in [7, 11) is 3.88. The summed E-state index contributed by atoms with van der Waals surface area (Å²) in [4.78, 5) is 0. The molecule has 0 amide bonds. The van der Waals surface area contributed by atoms with Gasteiger partial charge in [-0.1, -0.05) is 29.8 Å². The molecule has 0 atom stereocenters. The molecule has 0 bridgehead atoms. The molecule has 70 valence electrons. The van der Waals surface area contributed by atoms with Crippen molar-refractivity contribution in [2.24, 2.45) is 0 Å². The van der Waals surface area contributed by atoms with Gasteiger partial charge in [0, 0.05) is 24.3 Å². The molecule has 2 rings (SSSR count). The summed E-state index contributed by atoms with van der Waals surface area (Å²) in [6.07, 6.45) is 3.58. The maximum Gasteiger partial charge on any atom is 0.0769 e. The van der Waals surface area contributed by atoms with Crippen molar-refractivity contribution in [3.63, 3.8) is 0 Å². The highest BCUT2D eigenvalue weighted by Gasteiger charge is 2.43. The second-order valence-corrected chi connectivity index (χ2v) is 4.24. The minimum absolute atomic E-state index is 0.366. The smallest absolute Gasteiger partial charge is 0.0769 e. The van der Waals surface area contributed by atoms with Crippen molar-refractivity contribution in [1.29, 1.82) is 0 Å². The first-order valence-electron chi connectivity index (χ1n) is 4.63. The molecular weight excluding hydrogens is 182 g/mol. The second-order valence-electron chi connectivity index (χ2n) is 3.83. The fourth-order valence-corrected chi connectivity index (χ4v) is 1.84. The van der Waals surface area contributed by atoms with Crippen LogP contribution in [0.25, 0.3) is 0 Å². The van der Waals surface area contributed by atoms with E-state index in [1.54, 1.807) is 0 Å². The Morgan fingerprint density at radius 3 is 2.62 bits per heavy atom. The third-order valence-electron chi connectivity index (χ3n) is 2.83. The Balaban J connectivity index is 2.14. The normalized spacial score (nSPS) is 18.6. The van der Waals surface area contributed by atoms with E-state index < -0.39 is 0 Å². The number of halogens is 1. The van der Waals surface area contributed by atoms with Crippen LogP contribution in [0.15, 0.2) is 24.3 Å². The summed E-state index contributed by atoms with van der Waals surface area (Å²) in [5, 5.41) is 2.96. The number of hydrogen-bond acceptors (Lipinski definition) is 0. The van der Waals surface area contributed by atoms with E-state index in [0.717, 1.165) is 11.4 Å². The minimum atomic E-state index is 0.366. The molecule has 2 N–H and O–H groups in total. The van der Waals surface area contributed by atoms with Gasteiger partial charge in [-0.3, -0.25) is 0 Å². The van der Waals surface area contributed by atoms with Crippen molar-refractivity contribution in [1.82, 2.24) is 0 Å². The van der Waals surface area contributed by atoms with Gasteiger partial charge in [-0.25, -0.2) is 0 Å². The predicted molar refractivity (Wildman–Crippen MR) is 54.4 cm³/mol. The van der Waals surface area contributed by atoms with Gasteiger partial charge in [-0.15, -0.1) is 0 Å². The van der Waals surface area contributed by atoms with Crippen LogP contribution in [0.4, 0.5) is 0 Å². The van der Waals surface area contributed by atoms with Gasteiger partial charge in [0.1, 0.15) is 0 Å². The first-order chi connectivity index (χ1) is 6.26. The molecule has 13 heavy (non-hydrogen) atoms. The summed E-state index contributed by atoms with van der Waals surface area (Å²) < 4.78 is 0. The van der Waals surface area contributed by atoms with Crippen LogP contribution in [0, 0.1) is 7.05 Å². The van der Waals surface area contributed by atoms with E-state index >= 15 is 0 Å². The van der Waals surface area contributed by atoms with Gasteiger partial charge >= 0.3 is 0 Å². The molecule has 1 fully saturated rings. The van der Waals surface area contributed by atoms with E-state index in [4.69, 9.17) is 11.6 Å². The number of quaternary nitrogens is 1. The Morgan fingerprint density at radius 2 is 2.08 bits per heavy atom. The molecule has 0 spiro atoms. The summed E-state index contributed by atoms with van der Waals surface area (Å²) in [6.45, 7) is 0. The summed E-state index contributed by atoms with van der Waals surface area (Å²) in [5.41, 5.74) is 1.62. The molecule has 0 heterocycles. The van der Waals surface area contributed by atoms with Crippen LogP contribution in [0.1, 0.15) is 18.4 Å². The monoisotopic (exact) mass is 195 g/mol. The molecule has 1 aromatic carbocycles. The first kappa shape index (κ1) is 9.04. The zero-order valence-corrected chi connectivity index (χ0v) is 8.35. The molecule has 1 aliphatic carbocycles. The minimum Gasteiger partial charge on any atom is -0.474 e. The Labute approximate surface area is 84.1 Å². The van der Waals surface area contributed by atoms with E-state index in [2.05, 4.69) is 18.4 Å². The molecule has 0 aromatic heterocycles. The number of hydrogen-bond donors (Lipinski definition) is 1. The molecule has 0 aliphatic heterocycles. The quantitative estimate of drug-likeness (QED) is 0.709. The average Bonchev–Trinajstić information content (AvgIpc) is 2.90. The van der Waals surface area contributed by atoms with E-state index in [1.165, 1.54) is 18.4 Å². The van der Waals surface area contributed by atoms with E-state index in [1.807, 2.05) is 18.2 Å². The average molecular weight is 196 g/mol. The zero-order chi connectivity index (χ0) is 9.31. The maximum absolute atomic E-state index is 6.08. The van der Waals surface area contributed by atoms with Crippen LogP contribution in [0.3, 0.4) is 0 Å². The fourth-order valence-electron chi connectivity index (χ4n) is 1.63. The van der Waals surface area contributed by atoms with Crippen LogP contribution in [0.5, 0.6) is 0 Å². The number of benzene rings is 1. The summed E-state index contributed by atoms with van der Waals surface area (Å²) in [6, 6.07) is 8.07. The molecular formula is C11H14ClN. The Morgan fingerprint density at radius 1 is 1.38 bits per heavy atom. The highest BCUT2D eigenvalue weighted by molar-refractivity contribution is 6.31. The van der Waals surface area contributed by atoms with E-state index in [0.29, 0.717) is 5.54 Å². The standard InChI is InChI=1S/C11H14ClN/c1-13-11(6-7-11)8-9-4-2-3-5-10(9)12/h2-5H,1,6-8,13H2. The van der Waals surface area contributed by atoms with Crippen molar-refractivity contribution in [2.75, 3.05) is 0 Å². The Bertz CT molecular complexity index is 305. The molecule has 1 saturated carbocycles. The van der Waals surface area contributed by atoms with Gasteiger partial charge in [0.05, 0.1) is 5.54 Å². The molecule has 1 aromatic rings. The van der Waals surface area contributed by atoms with Gasteiger partial charge in [-0.2, -0.15) is 7.05 Å². The Kier molecular flexibility index (Phi) is 2.31. The number of nitrogens with two attached hydrogens (primary N) is 1. The van der Waals surface area contributed by atoms with Crippen LogP contribution in [-0.2, 0) is 6.42 Å². The van der Waals surface area contributed by atoms with Crippen molar-refractivity contribution < 1.29 is 5.32 Å². The predicted octanol–water partition coefficient (Wildman–Crippen LogP) is 1.77. The van der Waals surface area contributed by atoms with Gasteiger partial charge in [0.2, 0.25) is 0 Å². The lowest BCUT2D eigenvalue weighted by molar-refractivity contribution is -0.648. The molecule has 2 heteroatoms. The fraction of sp³-hybridized carbons (Fsp3) is 0.364. The zero-order valence-electron chi connectivity index (χ0n) is 7.59. The topological polar surface area (TPSA) is 16.6 Å². The van der Waals surface area contributed by atoms with E-state index in [9.17, 15) is 0 Å². The molecule has 0 radical (unpaired) electrons. The van der Waals surface area contributed by atoms with Crippen molar-refractivity contribution in [3.8, 4) is 0 Å². The highest BCUT2D eigenvalue weighted by atomic mass is 35.5. The largest absolute Gasteiger partial charge is 0.474 e. The third kappa shape index (κ3) is 1.87. The van der Waals surface area contributed by atoms with Crippen LogP contribution in [-0.4, -0.2) is 5.54 Å². The van der Waals surface area contributed by atoms with Gasteiger partial charge < -0.3 is 5.32 Å². The van der Waals surface area contributed by atoms with Gasteiger partial charge in [0.25, 0.3) is 0 Å². The van der Waals surface area contributed by atoms with Crippen LogP contribution >= 0.6 is 11.6 Å². The Hall–Kier alpha value is -0.530. The molecule has 1 nitrogen and oxygen atoms in total. The molecule has 1 aliphatic rings. The van der Waals surface area contributed by atoms with Gasteiger partial charge in [-0.05, 0) is 11.6 Å². The van der Waals surface area contributed by atoms with Crippen molar-refractivity contribution >= 4 is 11.6 Å². The van der Waals surface area contributed by atoms with Crippen molar-refractivity contribution in [3.05, 3.63) is 41.9 Å². The molecule has 0 saturated heterocycles. The highest BCUT2D eigenvalue weighted by Crippen LogP contribution is 2.35. The van der Waals surface area contributed by atoms with Crippen LogP contribution < -0.4 is 5.32 Å². The summed E-state index contributed by atoms with van der Waals surface area (Å²) >= 11 is 6.08. The maximum atomic E-state index is 6.08. The lowest BCUT2D eigenvalue weighted by atomic mass is 10.0. The number of rotatable bonds is 3. The summed E-state index contributed by atoms with van der Waals surface area (Å²) in [5.74, 6) is 0. The van der Waals surface area contributed by atoms with Crippen molar-refractivity contribution in [2.45, 2.75) is 24.8 Å². The van der Waals surface area contributed by atoms with Crippen LogP contribution in [0.2, 0.25) is 5.02 Å². The van der Waals surface area contributed by atoms with E-state index in [-0.39, 0.29) is 0 Å². The third-order valence-corrected chi connectivity index (χ3v) is 3.19. The first-order valence-corrected chi connectivity index (χ1v) is 5.01.